The van der Waals surface area contributed by atoms with Gasteiger partial charge in [-0.25, -0.2) is 0 Å². The first kappa shape index (κ1) is 17.7. The van der Waals surface area contributed by atoms with E-state index in [1.807, 2.05) is 20.8 Å². The van der Waals surface area contributed by atoms with E-state index < -0.39 is 0 Å². The van der Waals surface area contributed by atoms with Gasteiger partial charge in [0.2, 0.25) is 0 Å². The van der Waals surface area contributed by atoms with E-state index >= 15 is 0 Å². The maximum Gasteiger partial charge on any atom is 0.138 e. The van der Waals surface area contributed by atoms with E-state index in [4.69, 9.17) is 0 Å². The molecule has 0 amide bonds. The van der Waals surface area contributed by atoms with Crippen LogP contribution in [0.4, 0.5) is 0 Å². The third-order valence-corrected chi connectivity index (χ3v) is 3.59. The van der Waals surface area contributed by atoms with E-state index in [0.29, 0.717) is 5.78 Å². The Bertz CT molecular complexity index is 200. The van der Waals surface area contributed by atoms with Crippen molar-refractivity contribution in [2.75, 3.05) is 0 Å². The van der Waals surface area contributed by atoms with Crippen molar-refractivity contribution in [3.63, 3.8) is 0 Å². The van der Waals surface area contributed by atoms with E-state index in [1.165, 1.54) is 57.8 Å². The van der Waals surface area contributed by atoms with Crippen LogP contribution in [0.25, 0.3) is 0 Å². The van der Waals surface area contributed by atoms with Gasteiger partial charge in [-0.05, 0) is 6.42 Å². The van der Waals surface area contributed by atoms with Gasteiger partial charge < -0.3 is 0 Å². The summed E-state index contributed by atoms with van der Waals surface area (Å²) < 4.78 is 0. The summed E-state index contributed by atoms with van der Waals surface area (Å²) in [4.78, 5) is 11.7. The average Bonchev–Trinajstić information content (AvgIpc) is 2.30. The molecule has 0 saturated heterocycles. The van der Waals surface area contributed by atoms with E-state index in [0.717, 1.165) is 12.8 Å². The predicted molar refractivity (Wildman–Crippen MR) is 80.9 cm³/mol. The molecule has 108 valence electrons. The third kappa shape index (κ3) is 10.8. The van der Waals surface area contributed by atoms with Crippen LogP contribution in [-0.2, 0) is 4.79 Å². The number of unbranched alkanes of at least 4 members (excludes halogenated alkanes) is 9. The zero-order valence-corrected chi connectivity index (χ0v) is 13.2. The molecule has 1 heteroatoms. The lowest BCUT2D eigenvalue weighted by molar-refractivity contribution is -0.126. The van der Waals surface area contributed by atoms with Crippen molar-refractivity contribution in [3.05, 3.63) is 0 Å². The largest absolute Gasteiger partial charge is 0.299 e. The highest BCUT2D eigenvalue weighted by Gasteiger charge is 2.19. The minimum atomic E-state index is -0.140. The number of carbonyl (C=O) groups is 1. The molecule has 0 N–H and O–H groups in total. The van der Waals surface area contributed by atoms with Crippen LogP contribution in [0.2, 0.25) is 0 Å². The van der Waals surface area contributed by atoms with Crippen molar-refractivity contribution in [1.82, 2.24) is 0 Å². The van der Waals surface area contributed by atoms with Gasteiger partial charge in [-0.3, -0.25) is 4.79 Å². The fraction of sp³-hybridized carbons (Fsp3) is 0.941. The lowest BCUT2D eigenvalue weighted by Gasteiger charge is -2.16. The molecule has 0 rings (SSSR count). The monoisotopic (exact) mass is 254 g/mol. The Hall–Kier alpha value is -0.330. The molecule has 0 radical (unpaired) electrons. The van der Waals surface area contributed by atoms with Gasteiger partial charge in [0.05, 0.1) is 0 Å². The molecule has 0 atom stereocenters. The molecule has 0 aromatic carbocycles. The molecule has 0 aromatic heterocycles. The molecule has 0 spiro atoms. The zero-order chi connectivity index (χ0) is 13.9. The molecule has 0 aliphatic heterocycles. The van der Waals surface area contributed by atoms with Gasteiger partial charge in [-0.2, -0.15) is 0 Å². The van der Waals surface area contributed by atoms with Crippen LogP contribution in [0.3, 0.4) is 0 Å². The standard InChI is InChI=1S/C17H34O/c1-5-6-7-8-9-10-11-12-13-14-15-16(18)17(2,3)4/h5-15H2,1-4H3. The molecule has 0 aliphatic rings. The third-order valence-electron chi connectivity index (χ3n) is 3.59. The smallest absolute Gasteiger partial charge is 0.138 e. The highest BCUT2D eigenvalue weighted by atomic mass is 16.1. The second-order valence-corrected chi connectivity index (χ2v) is 6.61. The fourth-order valence-corrected chi connectivity index (χ4v) is 2.15. The average molecular weight is 254 g/mol. The van der Waals surface area contributed by atoms with Crippen LogP contribution in [0.5, 0.6) is 0 Å². The predicted octanol–water partition coefficient (Wildman–Crippen LogP) is 5.91. The Labute approximate surface area is 115 Å². The Morgan fingerprint density at radius 3 is 1.50 bits per heavy atom. The first-order chi connectivity index (χ1) is 8.48. The minimum absolute atomic E-state index is 0.140. The van der Waals surface area contributed by atoms with Crippen molar-refractivity contribution >= 4 is 5.78 Å². The van der Waals surface area contributed by atoms with Crippen LogP contribution in [0, 0.1) is 5.41 Å². The number of carbonyl (C=O) groups excluding carboxylic acids is 1. The van der Waals surface area contributed by atoms with Crippen molar-refractivity contribution < 1.29 is 4.79 Å². The van der Waals surface area contributed by atoms with E-state index in [1.54, 1.807) is 0 Å². The van der Waals surface area contributed by atoms with E-state index in [2.05, 4.69) is 6.92 Å². The summed E-state index contributed by atoms with van der Waals surface area (Å²) >= 11 is 0. The highest BCUT2D eigenvalue weighted by Crippen LogP contribution is 2.19. The van der Waals surface area contributed by atoms with Crippen LogP contribution in [-0.4, -0.2) is 5.78 Å². The minimum Gasteiger partial charge on any atom is -0.299 e. The van der Waals surface area contributed by atoms with Gasteiger partial charge >= 0.3 is 0 Å². The normalized spacial score (nSPS) is 11.8. The number of hydrogen-bond acceptors (Lipinski definition) is 1. The topological polar surface area (TPSA) is 17.1 Å². The van der Waals surface area contributed by atoms with Gasteiger partial charge in [0.1, 0.15) is 5.78 Å². The molecular weight excluding hydrogens is 220 g/mol. The maximum absolute atomic E-state index is 11.7. The van der Waals surface area contributed by atoms with Gasteiger partial charge in [-0.1, -0.05) is 85.5 Å². The maximum atomic E-state index is 11.7. The van der Waals surface area contributed by atoms with Crippen LogP contribution in [0.15, 0.2) is 0 Å². The number of ketones is 1. The van der Waals surface area contributed by atoms with Gasteiger partial charge in [0.25, 0.3) is 0 Å². The summed E-state index contributed by atoms with van der Waals surface area (Å²) in [6.45, 7) is 8.32. The quantitative estimate of drug-likeness (QED) is 0.419. The first-order valence-corrected chi connectivity index (χ1v) is 8.01. The summed E-state index contributed by atoms with van der Waals surface area (Å²) in [6, 6.07) is 0. The van der Waals surface area contributed by atoms with Crippen LogP contribution >= 0.6 is 0 Å². The van der Waals surface area contributed by atoms with Crippen LogP contribution < -0.4 is 0 Å². The Balaban J connectivity index is 3.19. The van der Waals surface area contributed by atoms with Crippen LogP contribution in [0.1, 0.15) is 98.3 Å². The number of Topliss-reactive ketones (excluding diaryl/α,β-unsaturated/α-hetero) is 1. The molecule has 0 fully saturated rings. The highest BCUT2D eigenvalue weighted by molar-refractivity contribution is 5.83. The van der Waals surface area contributed by atoms with Gasteiger partial charge in [0, 0.05) is 11.8 Å². The van der Waals surface area contributed by atoms with Crippen molar-refractivity contribution in [2.45, 2.75) is 98.3 Å². The summed E-state index contributed by atoms with van der Waals surface area (Å²) in [6.07, 6.45) is 14.1. The number of hydrogen-bond donors (Lipinski definition) is 0. The lowest BCUT2D eigenvalue weighted by Crippen LogP contribution is -2.19. The van der Waals surface area contributed by atoms with Crippen molar-refractivity contribution in [3.8, 4) is 0 Å². The van der Waals surface area contributed by atoms with Gasteiger partial charge in [-0.15, -0.1) is 0 Å². The Morgan fingerprint density at radius 2 is 1.11 bits per heavy atom. The fourth-order valence-electron chi connectivity index (χ4n) is 2.15. The van der Waals surface area contributed by atoms with Crippen molar-refractivity contribution in [2.24, 2.45) is 5.41 Å². The summed E-state index contributed by atoms with van der Waals surface area (Å²) in [5.74, 6) is 0.419. The van der Waals surface area contributed by atoms with E-state index in [9.17, 15) is 4.79 Å². The molecule has 0 aliphatic carbocycles. The molecule has 0 saturated carbocycles. The lowest BCUT2D eigenvalue weighted by atomic mass is 9.88. The molecule has 1 nitrogen and oxygen atoms in total. The Kier molecular flexibility index (Phi) is 10.4. The molecule has 18 heavy (non-hydrogen) atoms. The summed E-state index contributed by atoms with van der Waals surface area (Å²) in [5.41, 5.74) is -0.140. The second kappa shape index (κ2) is 10.6. The SMILES string of the molecule is CCCCCCCCCCCCC(=O)C(C)(C)C. The van der Waals surface area contributed by atoms with E-state index in [-0.39, 0.29) is 5.41 Å². The molecular formula is C17H34O. The molecule has 0 bridgehead atoms. The summed E-state index contributed by atoms with van der Waals surface area (Å²) in [5, 5.41) is 0. The second-order valence-electron chi connectivity index (χ2n) is 6.61. The molecule has 0 aromatic rings. The molecule has 0 heterocycles. The first-order valence-electron chi connectivity index (χ1n) is 8.01. The molecule has 0 unspecified atom stereocenters. The van der Waals surface area contributed by atoms with Gasteiger partial charge in [0.15, 0.2) is 0 Å². The Morgan fingerprint density at radius 1 is 0.722 bits per heavy atom. The number of rotatable bonds is 11. The van der Waals surface area contributed by atoms with Crippen molar-refractivity contribution in [1.29, 1.82) is 0 Å². The summed E-state index contributed by atoms with van der Waals surface area (Å²) in [7, 11) is 0. The zero-order valence-electron chi connectivity index (χ0n) is 13.2.